The van der Waals surface area contributed by atoms with Gasteiger partial charge in [0.05, 0.1) is 0 Å². The van der Waals surface area contributed by atoms with Crippen molar-refractivity contribution in [2.75, 3.05) is 0 Å². The van der Waals surface area contributed by atoms with E-state index in [1.807, 2.05) is 0 Å². The summed E-state index contributed by atoms with van der Waals surface area (Å²) in [5.41, 5.74) is 3.20. The van der Waals surface area contributed by atoms with Crippen LogP contribution in [-0.2, 0) is 11.8 Å². The van der Waals surface area contributed by atoms with E-state index in [9.17, 15) is 0 Å². The van der Waals surface area contributed by atoms with Crippen LogP contribution < -0.4 is 0 Å². The SMILES string of the molecule is CC(C)Cc1c[nH]cc1C(C)(C)C. The van der Waals surface area contributed by atoms with Crippen molar-refractivity contribution < 1.29 is 0 Å². The van der Waals surface area contributed by atoms with Crippen molar-refractivity contribution >= 4 is 0 Å². The molecule has 1 N–H and O–H groups in total. The summed E-state index contributed by atoms with van der Waals surface area (Å²) < 4.78 is 0. The molecule has 1 heteroatoms. The molecule has 0 aliphatic heterocycles. The second-order valence-corrected chi connectivity index (χ2v) is 5.24. The zero-order valence-corrected chi connectivity index (χ0v) is 9.44. The maximum atomic E-state index is 3.21. The van der Waals surface area contributed by atoms with Crippen molar-refractivity contribution in [1.29, 1.82) is 0 Å². The predicted molar refractivity (Wildman–Crippen MR) is 58.0 cm³/mol. The molecule has 0 atom stereocenters. The minimum Gasteiger partial charge on any atom is -0.367 e. The Morgan fingerprint density at radius 1 is 1.23 bits per heavy atom. The molecule has 0 aromatic carbocycles. The highest BCUT2D eigenvalue weighted by Gasteiger charge is 2.18. The van der Waals surface area contributed by atoms with Crippen LogP contribution in [0.15, 0.2) is 12.4 Å². The molecule has 1 aromatic rings. The van der Waals surface area contributed by atoms with Crippen molar-refractivity contribution in [2.45, 2.75) is 46.5 Å². The fraction of sp³-hybridized carbons (Fsp3) is 0.667. The van der Waals surface area contributed by atoms with Crippen LogP contribution >= 0.6 is 0 Å². The molecule has 1 nitrogen and oxygen atoms in total. The second kappa shape index (κ2) is 3.57. The molecular formula is C12H21N. The highest BCUT2D eigenvalue weighted by molar-refractivity contribution is 5.30. The third-order valence-electron chi connectivity index (χ3n) is 2.27. The highest BCUT2D eigenvalue weighted by atomic mass is 14.6. The zero-order chi connectivity index (χ0) is 10.1. The predicted octanol–water partition coefficient (Wildman–Crippen LogP) is 3.51. The van der Waals surface area contributed by atoms with E-state index in [4.69, 9.17) is 0 Å². The van der Waals surface area contributed by atoms with Crippen LogP contribution in [0.3, 0.4) is 0 Å². The quantitative estimate of drug-likeness (QED) is 0.715. The summed E-state index contributed by atoms with van der Waals surface area (Å²) in [6.07, 6.45) is 5.45. The molecule has 0 unspecified atom stereocenters. The van der Waals surface area contributed by atoms with E-state index in [1.54, 1.807) is 0 Å². The molecule has 1 heterocycles. The van der Waals surface area contributed by atoms with E-state index in [2.05, 4.69) is 52.0 Å². The van der Waals surface area contributed by atoms with Crippen molar-refractivity contribution in [1.82, 2.24) is 4.98 Å². The van der Waals surface area contributed by atoms with Gasteiger partial charge in [-0.2, -0.15) is 0 Å². The highest BCUT2D eigenvalue weighted by Crippen LogP contribution is 2.26. The van der Waals surface area contributed by atoms with Crippen LogP contribution in [0.1, 0.15) is 45.7 Å². The normalized spacial score (nSPS) is 12.5. The Bertz CT molecular complexity index is 263. The first kappa shape index (κ1) is 10.4. The van der Waals surface area contributed by atoms with Gasteiger partial charge in [0.1, 0.15) is 0 Å². The first-order valence-electron chi connectivity index (χ1n) is 5.07. The lowest BCUT2D eigenvalue weighted by atomic mass is 9.84. The van der Waals surface area contributed by atoms with Gasteiger partial charge in [-0.05, 0) is 28.9 Å². The van der Waals surface area contributed by atoms with Crippen molar-refractivity contribution in [2.24, 2.45) is 5.92 Å². The third-order valence-corrected chi connectivity index (χ3v) is 2.27. The van der Waals surface area contributed by atoms with Gasteiger partial charge in [-0.1, -0.05) is 34.6 Å². The molecule has 0 spiro atoms. The smallest absolute Gasteiger partial charge is 0.00455 e. The monoisotopic (exact) mass is 179 g/mol. The maximum Gasteiger partial charge on any atom is 0.00455 e. The van der Waals surface area contributed by atoms with Gasteiger partial charge < -0.3 is 4.98 Å². The minimum absolute atomic E-state index is 0.268. The average molecular weight is 179 g/mol. The fourth-order valence-electron chi connectivity index (χ4n) is 1.70. The van der Waals surface area contributed by atoms with E-state index >= 15 is 0 Å². The van der Waals surface area contributed by atoms with E-state index in [0.717, 1.165) is 5.92 Å². The van der Waals surface area contributed by atoms with E-state index in [1.165, 1.54) is 17.5 Å². The van der Waals surface area contributed by atoms with Crippen LogP contribution in [0, 0.1) is 5.92 Å². The van der Waals surface area contributed by atoms with Crippen molar-refractivity contribution in [3.05, 3.63) is 23.5 Å². The van der Waals surface area contributed by atoms with E-state index in [-0.39, 0.29) is 5.41 Å². The Kier molecular flexibility index (Phi) is 2.84. The minimum atomic E-state index is 0.268. The number of nitrogens with one attached hydrogen (secondary N) is 1. The topological polar surface area (TPSA) is 15.8 Å². The number of aromatic nitrogens is 1. The summed E-state index contributed by atoms with van der Waals surface area (Å²) >= 11 is 0. The van der Waals surface area contributed by atoms with Gasteiger partial charge in [-0.15, -0.1) is 0 Å². The summed E-state index contributed by atoms with van der Waals surface area (Å²) in [7, 11) is 0. The summed E-state index contributed by atoms with van der Waals surface area (Å²) in [5, 5.41) is 0. The molecule has 1 rings (SSSR count). The number of hydrogen-bond acceptors (Lipinski definition) is 0. The van der Waals surface area contributed by atoms with Crippen LogP contribution in [0.25, 0.3) is 0 Å². The van der Waals surface area contributed by atoms with Crippen LogP contribution in [0.5, 0.6) is 0 Å². The fourth-order valence-corrected chi connectivity index (χ4v) is 1.70. The van der Waals surface area contributed by atoms with Gasteiger partial charge in [0, 0.05) is 12.4 Å². The first-order valence-corrected chi connectivity index (χ1v) is 5.07. The molecule has 0 saturated heterocycles. The second-order valence-electron chi connectivity index (χ2n) is 5.24. The summed E-state index contributed by atoms with van der Waals surface area (Å²) in [4.78, 5) is 3.21. The number of aromatic amines is 1. The molecular weight excluding hydrogens is 158 g/mol. The number of hydrogen-bond donors (Lipinski definition) is 1. The van der Waals surface area contributed by atoms with Crippen LogP contribution in [0.2, 0.25) is 0 Å². The third kappa shape index (κ3) is 2.61. The van der Waals surface area contributed by atoms with Gasteiger partial charge in [0.25, 0.3) is 0 Å². The van der Waals surface area contributed by atoms with Gasteiger partial charge >= 0.3 is 0 Å². The number of H-pyrrole nitrogens is 1. The molecule has 0 aliphatic rings. The van der Waals surface area contributed by atoms with Crippen molar-refractivity contribution in [3.63, 3.8) is 0 Å². The van der Waals surface area contributed by atoms with E-state index in [0.29, 0.717) is 0 Å². The van der Waals surface area contributed by atoms with Gasteiger partial charge in [-0.3, -0.25) is 0 Å². The maximum absolute atomic E-state index is 3.21. The zero-order valence-electron chi connectivity index (χ0n) is 9.44. The average Bonchev–Trinajstić information content (AvgIpc) is 2.31. The first-order chi connectivity index (χ1) is 5.91. The summed E-state index contributed by atoms with van der Waals surface area (Å²) in [5.74, 6) is 0.733. The Morgan fingerprint density at radius 2 is 1.85 bits per heavy atom. The summed E-state index contributed by atoms with van der Waals surface area (Å²) in [6, 6.07) is 0. The van der Waals surface area contributed by atoms with Gasteiger partial charge in [-0.25, -0.2) is 0 Å². The van der Waals surface area contributed by atoms with Crippen LogP contribution in [-0.4, -0.2) is 4.98 Å². The number of rotatable bonds is 2. The largest absolute Gasteiger partial charge is 0.367 e. The van der Waals surface area contributed by atoms with Crippen LogP contribution in [0.4, 0.5) is 0 Å². The molecule has 0 amide bonds. The molecule has 0 saturated carbocycles. The Balaban J connectivity index is 2.90. The Morgan fingerprint density at radius 3 is 2.31 bits per heavy atom. The van der Waals surface area contributed by atoms with Gasteiger partial charge in [0.2, 0.25) is 0 Å². The lowest BCUT2D eigenvalue weighted by Crippen LogP contribution is -2.13. The molecule has 0 aliphatic carbocycles. The molecule has 74 valence electrons. The lowest BCUT2D eigenvalue weighted by Gasteiger charge is -2.20. The van der Waals surface area contributed by atoms with Gasteiger partial charge in [0.15, 0.2) is 0 Å². The summed E-state index contributed by atoms with van der Waals surface area (Å²) in [6.45, 7) is 11.3. The molecule has 0 fully saturated rings. The standard InChI is InChI=1S/C12H21N/c1-9(2)6-10-7-13-8-11(10)12(3,4)5/h7-9,13H,6H2,1-5H3. The molecule has 0 radical (unpaired) electrons. The lowest BCUT2D eigenvalue weighted by molar-refractivity contribution is 0.569. The molecule has 0 bridgehead atoms. The van der Waals surface area contributed by atoms with Crippen molar-refractivity contribution in [3.8, 4) is 0 Å². The Hall–Kier alpha value is -0.720. The Labute approximate surface area is 81.6 Å². The van der Waals surface area contributed by atoms with E-state index < -0.39 is 0 Å². The molecule has 1 aromatic heterocycles. The molecule has 13 heavy (non-hydrogen) atoms.